The van der Waals surface area contributed by atoms with E-state index in [-0.39, 0.29) is 0 Å². The number of nitrogens with zero attached hydrogens (tertiary/aromatic N) is 1. The molecule has 3 nitrogen and oxygen atoms in total. The maximum Gasteiger partial charge on any atom is 0.123 e. The lowest BCUT2D eigenvalue weighted by molar-refractivity contribution is 0.310. The van der Waals surface area contributed by atoms with Gasteiger partial charge in [-0.1, -0.05) is 29.8 Å². The molecular formula is C16H19ClN2O. The van der Waals surface area contributed by atoms with Crippen molar-refractivity contribution in [2.45, 2.75) is 13.1 Å². The molecule has 0 saturated heterocycles. The Bertz CT molecular complexity index is 586. The third-order valence-electron chi connectivity index (χ3n) is 3.18. The quantitative estimate of drug-likeness (QED) is 0.856. The van der Waals surface area contributed by atoms with E-state index in [1.807, 2.05) is 49.5 Å². The molecule has 20 heavy (non-hydrogen) atoms. The van der Waals surface area contributed by atoms with Crippen molar-refractivity contribution in [2.75, 3.05) is 19.9 Å². The minimum absolute atomic E-state index is 0.716. The van der Waals surface area contributed by atoms with Crippen molar-refractivity contribution >= 4 is 17.3 Å². The van der Waals surface area contributed by atoms with Crippen LogP contribution in [0.15, 0.2) is 42.5 Å². The molecule has 0 saturated carbocycles. The molecule has 2 N–H and O–H groups in total. The van der Waals surface area contributed by atoms with E-state index in [1.54, 1.807) is 7.11 Å². The van der Waals surface area contributed by atoms with E-state index in [4.69, 9.17) is 22.1 Å². The van der Waals surface area contributed by atoms with Gasteiger partial charge in [-0.05, 0) is 36.9 Å². The lowest BCUT2D eigenvalue weighted by Crippen LogP contribution is -2.18. The van der Waals surface area contributed by atoms with Crippen LogP contribution in [0.3, 0.4) is 0 Å². The summed E-state index contributed by atoms with van der Waals surface area (Å²) in [7, 11) is 3.72. The van der Waals surface area contributed by atoms with Gasteiger partial charge in [0.1, 0.15) is 5.75 Å². The number of para-hydroxylation sites is 1. The Balaban J connectivity index is 2.10. The number of halogens is 1. The number of methoxy groups -OCH3 is 1. The Morgan fingerprint density at radius 1 is 1.10 bits per heavy atom. The number of nitrogens with two attached hydrogens (primary N) is 1. The minimum atomic E-state index is 0.716. The van der Waals surface area contributed by atoms with Crippen LogP contribution in [0.5, 0.6) is 5.75 Å². The van der Waals surface area contributed by atoms with Crippen LogP contribution in [0, 0.1) is 0 Å². The molecule has 106 valence electrons. The first-order valence-electron chi connectivity index (χ1n) is 6.44. The Labute approximate surface area is 124 Å². The minimum Gasteiger partial charge on any atom is -0.496 e. The summed E-state index contributed by atoms with van der Waals surface area (Å²) in [4.78, 5) is 2.18. The molecule has 0 bridgehead atoms. The van der Waals surface area contributed by atoms with Gasteiger partial charge < -0.3 is 10.5 Å². The van der Waals surface area contributed by atoms with Gasteiger partial charge >= 0.3 is 0 Å². The zero-order chi connectivity index (χ0) is 14.5. The molecule has 0 heterocycles. The average molecular weight is 291 g/mol. The number of benzene rings is 2. The molecular weight excluding hydrogens is 272 g/mol. The number of hydrogen-bond donors (Lipinski definition) is 1. The zero-order valence-corrected chi connectivity index (χ0v) is 12.5. The van der Waals surface area contributed by atoms with Crippen LogP contribution in [0.1, 0.15) is 11.1 Å². The topological polar surface area (TPSA) is 38.5 Å². The summed E-state index contributed by atoms with van der Waals surface area (Å²) in [5.74, 6) is 0.849. The monoisotopic (exact) mass is 290 g/mol. The highest BCUT2D eigenvalue weighted by molar-refractivity contribution is 6.30. The van der Waals surface area contributed by atoms with Crippen LogP contribution in [-0.2, 0) is 13.1 Å². The lowest BCUT2D eigenvalue weighted by atomic mass is 10.1. The maximum absolute atomic E-state index is 6.05. The van der Waals surface area contributed by atoms with E-state index in [1.165, 1.54) is 0 Å². The van der Waals surface area contributed by atoms with Crippen molar-refractivity contribution < 1.29 is 4.74 Å². The molecule has 2 aromatic rings. The molecule has 0 spiro atoms. The van der Waals surface area contributed by atoms with E-state index in [9.17, 15) is 0 Å². The molecule has 0 amide bonds. The highest BCUT2D eigenvalue weighted by Gasteiger charge is 2.09. The predicted octanol–water partition coefficient (Wildman–Crippen LogP) is 3.56. The molecule has 0 atom stereocenters. The van der Waals surface area contributed by atoms with Gasteiger partial charge in [0, 0.05) is 29.4 Å². The Hall–Kier alpha value is -1.71. The lowest BCUT2D eigenvalue weighted by Gasteiger charge is -2.19. The number of nitrogen functional groups attached to an aromatic ring is 1. The fraction of sp³-hybridized carbons (Fsp3) is 0.250. The van der Waals surface area contributed by atoms with Crippen LogP contribution in [0.4, 0.5) is 5.69 Å². The summed E-state index contributed by atoms with van der Waals surface area (Å²) < 4.78 is 5.37. The fourth-order valence-corrected chi connectivity index (χ4v) is 2.38. The van der Waals surface area contributed by atoms with Gasteiger partial charge in [-0.3, -0.25) is 4.90 Å². The first-order chi connectivity index (χ1) is 9.60. The highest BCUT2D eigenvalue weighted by Crippen LogP contribution is 2.24. The van der Waals surface area contributed by atoms with Crippen molar-refractivity contribution in [3.05, 3.63) is 58.6 Å². The summed E-state index contributed by atoms with van der Waals surface area (Å²) in [5, 5.41) is 0.716. The van der Waals surface area contributed by atoms with Gasteiger partial charge in [-0.25, -0.2) is 0 Å². The van der Waals surface area contributed by atoms with Gasteiger partial charge in [0.05, 0.1) is 7.11 Å². The van der Waals surface area contributed by atoms with Crippen LogP contribution in [0.2, 0.25) is 5.02 Å². The summed E-state index contributed by atoms with van der Waals surface area (Å²) in [6, 6.07) is 13.6. The Kier molecular flexibility index (Phi) is 4.88. The van der Waals surface area contributed by atoms with E-state index in [2.05, 4.69) is 4.90 Å². The molecule has 2 aromatic carbocycles. The molecule has 0 fully saturated rings. The smallest absolute Gasteiger partial charge is 0.123 e. The van der Waals surface area contributed by atoms with Crippen molar-refractivity contribution in [2.24, 2.45) is 0 Å². The van der Waals surface area contributed by atoms with Crippen LogP contribution < -0.4 is 10.5 Å². The second-order valence-electron chi connectivity index (χ2n) is 4.83. The first-order valence-corrected chi connectivity index (χ1v) is 6.82. The first kappa shape index (κ1) is 14.7. The van der Waals surface area contributed by atoms with Gasteiger partial charge in [-0.15, -0.1) is 0 Å². The molecule has 0 aliphatic rings. The van der Waals surface area contributed by atoms with Crippen LogP contribution in [0.25, 0.3) is 0 Å². The maximum atomic E-state index is 6.05. The molecule has 0 aliphatic heterocycles. The molecule has 0 radical (unpaired) electrons. The number of hydrogen-bond acceptors (Lipinski definition) is 3. The third-order valence-corrected chi connectivity index (χ3v) is 3.41. The summed E-state index contributed by atoms with van der Waals surface area (Å²) >= 11 is 6.05. The Morgan fingerprint density at radius 3 is 2.50 bits per heavy atom. The number of ether oxygens (including phenoxy) is 1. The summed E-state index contributed by atoms with van der Waals surface area (Å²) in [6.07, 6.45) is 0. The molecule has 4 heteroatoms. The second kappa shape index (κ2) is 6.64. The van der Waals surface area contributed by atoms with Gasteiger partial charge in [0.25, 0.3) is 0 Å². The Morgan fingerprint density at radius 2 is 1.80 bits per heavy atom. The predicted molar refractivity (Wildman–Crippen MR) is 84.0 cm³/mol. The molecule has 0 aliphatic carbocycles. The average Bonchev–Trinajstić information content (AvgIpc) is 2.41. The zero-order valence-electron chi connectivity index (χ0n) is 11.8. The number of rotatable bonds is 5. The van der Waals surface area contributed by atoms with Gasteiger partial charge in [-0.2, -0.15) is 0 Å². The summed E-state index contributed by atoms with van der Waals surface area (Å²) in [5.41, 5.74) is 8.97. The molecule has 0 aromatic heterocycles. The van der Waals surface area contributed by atoms with Crippen LogP contribution >= 0.6 is 11.6 Å². The van der Waals surface area contributed by atoms with Gasteiger partial charge in [0.15, 0.2) is 0 Å². The van der Waals surface area contributed by atoms with Crippen molar-refractivity contribution in [1.29, 1.82) is 0 Å². The van der Waals surface area contributed by atoms with Crippen molar-refractivity contribution in [3.8, 4) is 5.75 Å². The SMILES string of the molecule is COc1ccc(Cl)cc1CN(C)Cc1ccccc1N. The van der Waals surface area contributed by atoms with Gasteiger partial charge in [0.2, 0.25) is 0 Å². The normalized spacial score (nSPS) is 10.8. The van der Waals surface area contributed by atoms with Crippen LogP contribution in [-0.4, -0.2) is 19.1 Å². The molecule has 2 rings (SSSR count). The largest absolute Gasteiger partial charge is 0.496 e. The van der Waals surface area contributed by atoms with Crippen molar-refractivity contribution in [1.82, 2.24) is 4.90 Å². The molecule has 0 unspecified atom stereocenters. The third kappa shape index (κ3) is 3.65. The fourth-order valence-electron chi connectivity index (χ4n) is 2.19. The van der Waals surface area contributed by atoms with Crippen molar-refractivity contribution in [3.63, 3.8) is 0 Å². The standard InChI is InChI=1S/C16H19ClN2O/c1-19(10-12-5-3-4-6-15(12)18)11-13-9-14(17)7-8-16(13)20-2/h3-9H,10-11,18H2,1-2H3. The van der Waals surface area contributed by atoms with E-state index in [0.29, 0.717) is 5.02 Å². The second-order valence-corrected chi connectivity index (χ2v) is 5.26. The summed E-state index contributed by atoms with van der Waals surface area (Å²) in [6.45, 7) is 1.53. The number of anilines is 1. The van der Waals surface area contributed by atoms with E-state index < -0.39 is 0 Å². The van der Waals surface area contributed by atoms with E-state index in [0.717, 1.165) is 35.7 Å². The van der Waals surface area contributed by atoms with E-state index >= 15 is 0 Å². The highest BCUT2D eigenvalue weighted by atomic mass is 35.5.